The molecule has 6 nitrogen and oxygen atoms in total. The first-order chi connectivity index (χ1) is 12.3. The molecule has 0 radical (unpaired) electrons. The van der Waals surface area contributed by atoms with E-state index in [0.717, 1.165) is 29.0 Å². The Bertz CT molecular complexity index is 925. The molecule has 0 fully saturated rings. The van der Waals surface area contributed by atoms with Gasteiger partial charge < -0.3 is 14.8 Å². The molecule has 0 bridgehead atoms. The summed E-state index contributed by atoms with van der Waals surface area (Å²) in [5.41, 5.74) is 2.09. The van der Waals surface area contributed by atoms with Gasteiger partial charge in [0.25, 0.3) is 0 Å². The fraction of sp³-hybridized carbons (Fsp3) is 0.222. The summed E-state index contributed by atoms with van der Waals surface area (Å²) >= 11 is 0. The molecule has 2 atom stereocenters. The van der Waals surface area contributed by atoms with Crippen molar-refractivity contribution in [1.29, 1.82) is 0 Å². The highest BCUT2D eigenvalue weighted by atomic mass is 19.1. The summed E-state index contributed by atoms with van der Waals surface area (Å²) in [6, 6.07) is 12.5. The van der Waals surface area contributed by atoms with Crippen LogP contribution in [0.25, 0.3) is 0 Å². The Hall–Kier alpha value is -3.09. The highest BCUT2D eigenvalue weighted by Gasteiger charge is 2.30. The second kappa shape index (κ2) is 5.47. The second-order valence-electron chi connectivity index (χ2n) is 6.14. The van der Waals surface area contributed by atoms with Crippen molar-refractivity contribution in [2.24, 2.45) is 0 Å². The minimum absolute atomic E-state index is 0.0187. The molecule has 2 unspecified atom stereocenters. The van der Waals surface area contributed by atoms with E-state index in [1.807, 2.05) is 22.9 Å². The number of nitrogens with zero attached hydrogens (tertiary/aromatic N) is 3. The molecule has 3 aromatic rings. The Morgan fingerprint density at radius 2 is 1.84 bits per heavy atom. The fourth-order valence-electron chi connectivity index (χ4n) is 3.43. The van der Waals surface area contributed by atoms with Crippen LogP contribution < -0.4 is 14.8 Å². The Morgan fingerprint density at radius 1 is 1.04 bits per heavy atom. The minimum Gasteiger partial charge on any atom is -0.454 e. The summed E-state index contributed by atoms with van der Waals surface area (Å²) in [4.78, 5) is 4.31. The lowest BCUT2D eigenvalue weighted by Gasteiger charge is -2.31. The minimum atomic E-state index is -0.246. The van der Waals surface area contributed by atoms with Crippen LogP contribution in [0.3, 0.4) is 0 Å². The molecule has 0 saturated heterocycles. The van der Waals surface area contributed by atoms with Crippen LogP contribution in [0.1, 0.15) is 29.6 Å². The molecule has 1 aromatic heterocycles. The van der Waals surface area contributed by atoms with Crippen molar-refractivity contribution < 1.29 is 13.9 Å². The average Bonchev–Trinajstić information content (AvgIpc) is 3.29. The van der Waals surface area contributed by atoms with Crippen molar-refractivity contribution in [3.63, 3.8) is 0 Å². The first-order valence-corrected chi connectivity index (χ1v) is 8.09. The first kappa shape index (κ1) is 14.3. The molecule has 0 aliphatic carbocycles. The number of benzene rings is 2. The van der Waals surface area contributed by atoms with Crippen LogP contribution in [0.15, 0.2) is 48.8 Å². The number of fused-ring (bicyclic) bond motifs is 2. The van der Waals surface area contributed by atoms with Gasteiger partial charge in [-0.25, -0.2) is 9.07 Å². The zero-order chi connectivity index (χ0) is 16.8. The molecule has 2 aliphatic rings. The number of hydrogen-bond donors (Lipinski definition) is 1. The van der Waals surface area contributed by atoms with Crippen LogP contribution in [-0.4, -0.2) is 21.6 Å². The number of nitrogens with one attached hydrogen (secondary N) is 1. The van der Waals surface area contributed by atoms with E-state index in [2.05, 4.69) is 15.4 Å². The van der Waals surface area contributed by atoms with Crippen molar-refractivity contribution in [3.05, 3.63) is 65.7 Å². The van der Waals surface area contributed by atoms with E-state index in [-0.39, 0.29) is 24.7 Å². The molecule has 0 saturated carbocycles. The van der Waals surface area contributed by atoms with Gasteiger partial charge in [-0.15, -0.1) is 0 Å². The Balaban J connectivity index is 1.52. The summed E-state index contributed by atoms with van der Waals surface area (Å²) in [7, 11) is 0. The fourth-order valence-corrected chi connectivity index (χ4v) is 3.43. The monoisotopic (exact) mass is 338 g/mol. The van der Waals surface area contributed by atoms with Gasteiger partial charge in [0.05, 0.1) is 12.1 Å². The van der Waals surface area contributed by atoms with E-state index in [1.54, 1.807) is 12.1 Å². The Kier molecular flexibility index (Phi) is 3.12. The lowest BCUT2D eigenvalue weighted by atomic mass is 9.93. The molecular formula is C18H15FN4O2. The van der Waals surface area contributed by atoms with Crippen LogP contribution in [0.2, 0.25) is 0 Å². The van der Waals surface area contributed by atoms with Gasteiger partial charge in [-0.2, -0.15) is 10.1 Å². The van der Waals surface area contributed by atoms with Gasteiger partial charge in [0.15, 0.2) is 11.5 Å². The van der Waals surface area contributed by atoms with E-state index in [0.29, 0.717) is 5.95 Å². The molecule has 7 heteroatoms. The third-order valence-electron chi connectivity index (χ3n) is 4.68. The average molecular weight is 338 g/mol. The summed E-state index contributed by atoms with van der Waals surface area (Å²) in [6.07, 6.45) is 2.29. The topological polar surface area (TPSA) is 61.2 Å². The predicted octanol–water partition coefficient (Wildman–Crippen LogP) is 3.29. The second-order valence-corrected chi connectivity index (χ2v) is 6.14. The first-order valence-electron chi connectivity index (χ1n) is 8.09. The van der Waals surface area contributed by atoms with E-state index in [4.69, 9.17) is 9.47 Å². The summed E-state index contributed by atoms with van der Waals surface area (Å²) in [5.74, 6) is 1.97. The number of ether oxygens (including phenoxy) is 2. The molecule has 5 rings (SSSR count). The van der Waals surface area contributed by atoms with Crippen molar-refractivity contribution in [3.8, 4) is 11.5 Å². The molecule has 1 N–H and O–H groups in total. The SMILES string of the molecule is Fc1ccc(C2CC(c3ccc4c(c3)OCO4)Nc3ncnn32)cc1. The van der Waals surface area contributed by atoms with Crippen molar-refractivity contribution in [2.75, 3.05) is 12.1 Å². The summed E-state index contributed by atoms with van der Waals surface area (Å²) in [5, 5.41) is 7.74. The third kappa shape index (κ3) is 2.39. The molecule has 0 spiro atoms. The van der Waals surface area contributed by atoms with E-state index in [1.165, 1.54) is 18.5 Å². The molecule has 25 heavy (non-hydrogen) atoms. The zero-order valence-electron chi connectivity index (χ0n) is 13.2. The van der Waals surface area contributed by atoms with Gasteiger partial charge in [-0.3, -0.25) is 0 Å². The molecular weight excluding hydrogens is 323 g/mol. The molecule has 3 heterocycles. The third-order valence-corrected chi connectivity index (χ3v) is 4.68. The highest BCUT2D eigenvalue weighted by Crippen LogP contribution is 2.40. The van der Waals surface area contributed by atoms with Gasteiger partial charge in [-0.1, -0.05) is 18.2 Å². The van der Waals surface area contributed by atoms with E-state index >= 15 is 0 Å². The number of anilines is 1. The van der Waals surface area contributed by atoms with E-state index < -0.39 is 0 Å². The maximum atomic E-state index is 13.3. The predicted molar refractivity (Wildman–Crippen MR) is 88.1 cm³/mol. The van der Waals surface area contributed by atoms with Gasteiger partial charge in [0.2, 0.25) is 12.7 Å². The lowest BCUT2D eigenvalue weighted by Crippen LogP contribution is -2.28. The van der Waals surface area contributed by atoms with Gasteiger partial charge in [0.1, 0.15) is 12.1 Å². The highest BCUT2D eigenvalue weighted by molar-refractivity contribution is 5.47. The zero-order valence-corrected chi connectivity index (χ0v) is 13.2. The molecule has 2 aromatic carbocycles. The molecule has 2 aliphatic heterocycles. The van der Waals surface area contributed by atoms with Crippen LogP contribution in [0, 0.1) is 5.82 Å². The Morgan fingerprint density at radius 3 is 2.72 bits per heavy atom. The Labute approximate surface area is 143 Å². The van der Waals surface area contributed by atoms with E-state index in [9.17, 15) is 4.39 Å². The summed E-state index contributed by atoms with van der Waals surface area (Å²) in [6.45, 7) is 0.253. The number of hydrogen-bond acceptors (Lipinski definition) is 5. The maximum Gasteiger partial charge on any atom is 0.231 e. The van der Waals surface area contributed by atoms with Crippen LogP contribution in [0.5, 0.6) is 11.5 Å². The maximum absolute atomic E-state index is 13.3. The van der Waals surface area contributed by atoms with Crippen molar-refractivity contribution in [2.45, 2.75) is 18.5 Å². The van der Waals surface area contributed by atoms with Gasteiger partial charge in [0, 0.05) is 0 Å². The lowest BCUT2D eigenvalue weighted by molar-refractivity contribution is 0.174. The normalized spacial score (nSPS) is 20.8. The van der Waals surface area contributed by atoms with Crippen LogP contribution >= 0.6 is 0 Å². The van der Waals surface area contributed by atoms with Crippen LogP contribution in [0.4, 0.5) is 10.3 Å². The van der Waals surface area contributed by atoms with Crippen molar-refractivity contribution >= 4 is 5.95 Å². The number of halogens is 1. The van der Waals surface area contributed by atoms with Gasteiger partial charge >= 0.3 is 0 Å². The van der Waals surface area contributed by atoms with Gasteiger partial charge in [-0.05, 0) is 41.8 Å². The largest absolute Gasteiger partial charge is 0.454 e. The van der Waals surface area contributed by atoms with Crippen molar-refractivity contribution in [1.82, 2.24) is 14.8 Å². The quantitative estimate of drug-likeness (QED) is 0.777. The number of aromatic nitrogens is 3. The number of rotatable bonds is 2. The molecule has 126 valence electrons. The smallest absolute Gasteiger partial charge is 0.231 e. The summed E-state index contributed by atoms with van der Waals surface area (Å²) < 4.78 is 26.0. The van der Waals surface area contributed by atoms with Crippen LogP contribution in [-0.2, 0) is 0 Å². The molecule has 0 amide bonds. The standard InChI is InChI=1S/C18H15FN4O2/c19-13-4-1-11(2-5-13)15-8-14(22-18-20-9-21-23(15)18)12-3-6-16-17(7-12)25-10-24-16/h1-7,9,14-15H,8,10H2,(H,20,21,22).